The van der Waals surface area contributed by atoms with Crippen molar-refractivity contribution >= 4 is 17.3 Å². The second-order valence-electron chi connectivity index (χ2n) is 4.36. The number of hydrogen-bond acceptors (Lipinski definition) is 6. The number of carbonyl (C=O) groups excluding carboxylic acids is 1. The lowest BCUT2D eigenvalue weighted by Gasteiger charge is -2.14. The Morgan fingerprint density at radius 3 is 2.80 bits per heavy atom. The fraction of sp³-hybridized carbons (Fsp3) is 0.538. The molecule has 0 saturated heterocycles. The summed E-state index contributed by atoms with van der Waals surface area (Å²) >= 11 is 1.64. The summed E-state index contributed by atoms with van der Waals surface area (Å²) in [6.07, 6.45) is 2.83. The number of aryl methyl sites for hydroxylation is 2. The average Bonchev–Trinajstić information content (AvgIpc) is 3.04. The smallest absolute Gasteiger partial charge is 0.376 e. The SMILES string of the molecule is CCOC(=O)c1nnc(C)n1C(C)c1ncc(CC)s1. The van der Waals surface area contributed by atoms with Crippen LogP contribution in [0.4, 0.5) is 0 Å². The summed E-state index contributed by atoms with van der Waals surface area (Å²) in [7, 11) is 0. The van der Waals surface area contributed by atoms with Crippen molar-refractivity contribution in [3.8, 4) is 0 Å². The van der Waals surface area contributed by atoms with E-state index in [1.165, 1.54) is 4.88 Å². The number of rotatable bonds is 5. The van der Waals surface area contributed by atoms with Crippen LogP contribution < -0.4 is 0 Å². The van der Waals surface area contributed by atoms with Crippen molar-refractivity contribution in [3.05, 3.63) is 27.7 Å². The first-order chi connectivity index (χ1) is 9.58. The Bertz CT molecular complexity index is 605. The Hall–Kier alpha value is -1.76. The molecule has 0 N–H and O–H groups in total. The van der Waals surface area contributed by atoms with Gasteiger partial charge in [0.2, 0.25) is 5.82 Å². The van der Waals surface area contributed by atoms with Crippen molar-refractivity contribution in [2.24, 2.45) is 0 Å². The molecule has 0 saturated carbocycles. The number of esters is 1. The number of hydrogen-bond donors (Lipinski definition) is 0. The van der Waals surface area contributed by atoms with Gasteiger partial charge in [0.05, 0.1) is 12.6 Å². The van der Waals surface area contributed by atoms with E-state index in [-0.39, 0.29) is 11.9 Å². The van der Waals surface area contributed by atoms with Crippen molar-refractivity contribution in [2.45, 2.75) is 40.2 Å². The monoisotopic (exact) mass is 294 g/mol. The van der Waals surface area contributed by atoms with Crippen LogP contribution >= 0.6 is 11.3 Å². The van der Waals surface area contributed by atoms with Gasteiger partial charge in [-0.2, -0.15) is 0 Å². The predicted octanol–water partition coefficient (Wildman–Crippen LogP) is 2.39. The van der Waals surface area contributed by atoms with Gasteiger partial charge in [-0.1, -0.05) is 6.92 Å². The standard InChI is InChI=1S/C13H18N4O2S/c1-5-10-7-14-12(20-10)8(3)17-9(4)15-16-11(17)13(18)19-6-2/h7-8H,5-6H2,1-4H3. The maximum absolute atomic E-state index is 11.9. The second-order valence-corrected chi connectivity index (χ2v) is 5.50. The first-order valence-electron chi connectivity index (χ1n) is 6.61. The molecular weight excluding hydrogens is 276 g/mol. The van der Waals surface area contributed by atoms with Crippen LogP contribution in [-0.4, -0.2) is 32.3 Å². The fourth-order valence-electron chi connectivity index (χ4n) is 1.96. The van der Waals surface area contributed by atoms with Crippen LogP contribution in [0.2, 0.25) is 0 Å². The summed E-state index contributed by atoms with van der Waals surface area (Å²) in [6.45, 7) is 7.98. The molecule has 0 aliphatic heterocycles. The van der Waals surface area contributed by atoms with E-state index in [0.717, 1.165) is 11.4 Å². The minimum absolute atomic E-state index is 0.0882. The summed E-state index contributed by atoms with van der Waals surface area (Å²) in [4.78, 5) is 17.6. The lowest BCUT2D eigenvalue weighted by molar-refractivity contribution is 0.0504. The van der Waals surface area contributed by atoms with Gasteiger partial charge in [-0.05, 0) is 27.2 Å². The average molecular weight is 294 g/mol. The van der Waals surface area contributed by atoms with Gasteiger partial charge in [-0.15, -0.1) is 21.5 Å². The molecule has 0 aliphatic rings. The summed E-state index contributed by atoms with van der Waals surface area (Å²) in [6, 6.07) is -0.0882. The Balaban J connectivity index is 2.36. The Labute approximate surface area is 121 Å². The molecule has 0 fully saturated rings. The minimum atomic E-state index is -0.452. The van der Waals surface area contributed by atoms with Crippen LogP contribution in [-0.2, 0) is 11.2 Å². The van der Waals surface area contributed by atoms with E-state index < -0.39 is 5.97 Å². The molecule has 1 atom stereocenters. The Morgan fingerprint density at radius 1 is 1.45 bits per heavy atom. The highest BCUT2D eigenvalue weighted by atomic mass is 32.1. The summed E-state index contributed by atoms with van der Waals surface area (Å²) < 4.78 is 6.79. The molecular formula is C13H18N4O2S. The van der Waals surface area contributed by atoms with Crippen LogP contribution in [0.25, 0.3) is 0 Å². The number of ether oxygens (including phenoxy) is 1. The molecule has 1 unspecified atom stereocenters. The van der Waals surface area contributed by atoms with Gasteiger partial charge in [0.15, 0.2) is 0 Å². The van der Waals surface area contributed by atoms with Gasteiger partial charge >= 0.3 is 5.97 Å². The maximum atomic E-state index is 11.9. The number of carbonyl (C=O) groups is 1. The molecule has 2 heterocycles. The predicted molar refractivity (Wildman–Crippen MR) is 76.0 cm³/mol. The van der Waals surface area contributed by atoms with Gasteiger partial charge in [-0.3, -0.25) is 4.57 Å². The molecule has 2 aromatic rings. The third kappa shape index (κ3) is 2.72. The number of thiazole rings is 1. The van der Waals surface area contributed by atoms with Gasteiger partial charge in [0.25, 0.3) is 0 Å². The molecule has 20 heavy (non-hydrogen) atoms. The zero-order chi connectivity index (χ0) is 14.7. The van der Waals surface area contributed by atoms with E-state index in [9.17, 15) is 4.79 Å². The lowest BCUT2D eigenvalue weighted by atomic mass is 10.3. The van der Waals surface area contributed by atoms with Crippen molar-refractivity contribution in [1.29, 1.82) is 0 Å². The number of aromatic nitrogens is 4. The third-order valence-electron chi connectivity index (χ3n) is 2.99. The molecule has 0 aliphatic carbocycles. The van der Waals surface area contributed by atoms with Crippen molar-refractivity contribution < 1.29 is 9.53 Å². The highest BCUT2D eigenvalue weighted by Crippen LogP contribution is 2.25. The maximum Gasteiger partial charge on any atom is 0.376 e. The van der Waals surface area contributed by atoms with Gasteiger partial charge < -0.3 is 4.74 Å². The van der Waals surface area contributed by atoms with E-state index in [4.69, 9.17) is 4.74 Å². The molecule has 0 spiro atoms. The molecule has 0 bridgehead atoms. The van der Waals surface area contributed by atoms with E-state index in [0.29, 0.717) is 12.4 Å². The van der Waals surface area contributed by atoms with Crippen molar-refractivity contribution in [2.75, 3.05) is 6.61 Å². The molecule has 7 heteroatoms. The summed E-state index contributed by atoms with van der Waals surface area (Å²) in [5, 5.41) is 8.85. The first-order valence-corrected chi connectivity index (χ1v) is 7.43. The first kappa shape index (κ1) is 14.6. The van der Waals surface area contributed by atoms with Gasteiger partial charge in [0.1, 0.15) is 10.8 Å². The fourth-order valence-corrected chi connectivity index (χ4v) is 2.86. The van der Waals surface area contributed by atoms with Crippen LogP contribution in [0.15, 0.2) is 6.20 Å². The van der Waals surface area contributed by atoms with E-state index in [1.807, 2.05) is 20.0 Å². The minimum Gasteiger partial charge on any atom is -0.460 e. The van der Waals surface area contributed by atoms with Crippen molar-refractivity contribution in [3.63, 3.8) is 0 Å². The van der Waals surface area contributed by atoms with Crippen molar-refractivity contribution in [1.82, 2.24) is 19.7 Å². The summed E-state index contributed by atoms with van der Waals surface area (Å²) in [5.74, 6) is 0.450. The molecule has 0 aromatic carbocycles. The molecule has 0 radical (unpaired) electrons. The molecule has 2 rings (SSSR count). The zero-order valence-corrected chi connectivity index (χ0v) is 12.9. The molecule has 0 amide bonds. The van der Waals surface area contributed by atoms with Crippen LogP contribution in [0.1, 0.15) is 53.1 Å². The highest BCUT2D eigenvalue weighted by Gasteiger charge is 2.24. The highest BCUT2D eigenvalue weighted by molar-refractivity contribution is 7.11. The van der Waals surface area contributed by atoms with Crippen LogP contribution in [0.3, 0.4) is 0 Å². The third-order valence-corrected chi connectivity index (χ3v) is 4.30. The van der Waals surface area contributed by atoms with E-state index in [1.54, 1.807) is 22.8 Å². The molecule has 2 aromatic heterocycles. The zero-order valence-electron chi connectivity index (χ0n) is 12.1. The molecule has 108 valence electrons. The quantitative estimate of drug-likeness (QED) is 0.792. The van der Waals surface area contributed by atoms with Crippen LogP contribution in [0.5, 0.6) is 0 Å². The Kier molecular flexibility index (Phi) is 4.49. The second kappa shape index (κ2) is 6.13. The van der Waals surface area contributed by atoms with Crippen LogP contribution in [0, 0.1) is 6.92 Å². The Morgan fingerprint density at radius 2 is 2.20 bits per heavy atom. The van der Waals surface area contributed by atoms with E-state index in [2.05, 4.69) is 22.1 Å². The van der Waals surface area contributed by atoms with E-state index >= 15 is 0 Å². The largest absolute Gasteiger partial charge is 0.460 e. The topological polar surface area (TPSA) is 69.9 Å². The van der Waals surface area contributed by atoms with Gasteiger partial charge in [-0.25, -0.2) is 9.78 Å². The number of nitrogens with zero attached hydrogens (tertiary/aromatic N) is 4. The molecule has 6 nitrogen and oxygen atoms in total. The van der Waals surface area contributed by atoms with Gasteiger partial charge in [0, 0.05) is 11.1 Å². The normalized spacial score (nSPS) is 12.4. The lowest BCUT2D eigenvalue weighted by Crippen LogP contribution is -2.18. The summed E-state index contributed by atoms with van der Waals surface area (Å²) in [5.41, 5.74) is 0.